The van der Waals surface area contributed by atoms with Gasteiger partial charge in [-0.05, 0) is 38.1 Å². The Balaban J connectivity index is 2.35. The van der Waals surface area contributed by atoms with Crippen molar-refractivity contribution in [1.82, 2.24) is 5.32 Å². The average molecular weight is 267 g/mol. The molecule has 1 aromatic carbocycles. The molecule has 0 saturated heterocycles. The molecule has 1 aromatic rings. The number of benzene rings is 1. The standard InChI is InChI=1S/C15H25NO3/c1-4-16-9-13-6-5-7-15(8-13)19-11-14(17)10-18-12(2)3/h5-8,12,14,16-17H,4,9-11H2,1-3H3. The summed E-state index contributed by atoms with van der Waals surface area (Å²) < 4.78 is 10.9. The molecule has 0 aliphatic heterocycles. The molecule has 0 bridgehead atoms. The molecule has 1 atom stereocenters. The molecule has 1 unspecified atom stereocenters. The van der Waals surface area contributed by atoms with Gasteiger partial charge in [0.2, 0.25) is 0 Å². The summed E-state index contributed by atoms with van der Waals surface area (Å²) in [6.45, 7) is 8.27. The summed E-state index contributed by atoms with van der Waals surface area (Å²) in [4.78, 5) is 0. The van der Waals surface area contributed by atoms with Crippen LogP contribution in [-0.2, 0) is 11.3 Å². The van der Waals surface area contributed by atoms with E-state index in [2.05, 4.69) is 12.2 Å². The lowest BCUT2D eigenvalue weighted by atomic mass is 10.2. The van der Waals surface area contributed by atoms with E-state index in [0.29, 0.717) is 6.61 Å². The summed E-state index contributed by atoms with van der Waals surface area (Å²) in [5.74, 6) is 0.777. The fourth-order valence-electron chi connectivity index (χ4n) is 1.56. The van der Waals surface area contributed by atoms with Crippen LogP contribution in [-0.4, -0.2) is 37.1 Å². The van der Waals surface area contributed by atoms with E-state index in [1.807, 2.05) is 38.1 Å². The highest BCUT2D eigenvalue weighted by Crippen LogP contribution is 2.13. The minimum Gasteiger partial charge on any atom is -0.491 e. The fourth-order valence-corrected chi connectivity index (χ4v) is 1.56. The number of hydrogen-bond acceptors (Lipinski definition) is 4. The quantitative estimate of drug-likeness (QED) is 0.718. The zero-order chi connectivity index (χ0) is 14.1. The Hall–Kier alpha value is -1.10. The van der Waals surface area contributed by atoms with Crippen LogP contribution in [0.25, 0.3) is 0 Å². The Labute approximate surface area is 115 Å². The lowest BCUT2D eigenvalue weighted by Crippen LogP contribution is -2.25. The van der Waals surface area contributed by atoms with Crippen LogP contribution in [0.5, 0.6) is 5.75 Å². The van der Waals surface area contributed by atoms with Crippen molar-refractivity contribution in [2.45, 2.75) is 39.5 Å². The van der Waals surface area contributed by atoms with Gasteiger partial charge in [0.25, 0.3) is 0 Å². The first-order valence-electron chi connectivity index (χ1n) is 6.84. The second-order valence-electron chi connectivity index (χ2n) is 4.77. The number of nitrogens with one attached hydrogen (secondary N) is 1. The molecule has 4 nitrogen and oxygen atoms in total. The molecule has 0 aliphatic carbocycles. The number of hydrogen-bond donors (Lipinski definition) is 2. The van der Waals surface area contributed by atoms with Gasteiger partial charge >= 0.3 is 0 Å². The van der Waals surface area contributed by atoms with Crippen LogP contribution in [0.3, 0.4) is 0 Å². The summed E-state index contributed by atoms with van der Waals surface area (Å²) in [7, 11) is 0. The van der Waals surface area contributed by atoms with Gasteiger partial charge in [-0.25, -0.2) is 0 Å². The van der Waals surface area contributed by atoms with E-state index in [1.54, 1.807) is 0 Å². The molecule has 4 heteroatoms. The zero-order valence-corrected chi connectivity index (χ0v) is 12.1. The molecule has 0 fully saturated rings. The zero-order valence-electron chi connectivity index (χ0n) is 12.1. The van der Waals surface area contributed by atoms with Crippen molar-refractivity contribution in [3.63, 3.8) is 0 Å². The maximum Gasteiger partial charge on any atom is 0.119 e. The molecule has 2 N–H and O–H groups in total. The Bertz CT molecular complexity index is 355. The van der Waals surface area contributed by atoms with E-state index in [0.717, 1.165) is 18.8 Å². The minimum atomic E-state index is -0.597. The minimum absolute atomic E-state index is 0.123. The van der Waals surface area contributed by atoms with Gasteiger partial charge < -0.3 is 19.9 Å². The van der Waals surface area contributed by atoms with E-state index in [1.165, 1.54) is 5.56 Å². The van der Waals surface area contributed by atoms with Crippen molar-refractivity contribution in [1.29, 1.82) is 0 Å². The van der Waals surface area contributed by atoms with Gasteiger partial charge in [-0.15, -0.1) is 0 Å². The van der Waals surface area contributed by atoms with Crippen molar-refractivity contribution in [2.75, 3.05) is 19.8 Å². The van der Waals surface area contributed by atoms with Gasteiger partial charge in [0.15, 0.2) is 0 Å². The molecule has 108 valence electrons. The summed E-state index contributed by atoms with van der Waals surface area (Å²) in [6.07, 6.45) is -0.474. The summed E-state index contributed by atoms with van der Waals surface area (Å²) in [5.41, 5.74) is 1.17. The van der Waals surface area contributed by atoms with E-state index in [4.69, 9.17) is 9.47 Å². The molecule has 0 radical (unpaired) electrons. The molecule has 0 saturated carbocycles. The molecule has 0 aromatic heterocycles. The largest absolute Gasteiger partial charge is 0.491 e. The van der Waals surface area contributed by atoms with Crippen LogP contribution in [0.2, 0.25) is 0 Å². The molecular formula is C15H25NO3. The van der Waals surface area contributed by atoms with Crippen molar-refractivity contribution < 1.29 is 14.6 Å². The Kier molecular flexibility index (Phi) is 7.48. The first-order valence-corrected chi connectivity index (χ1v) is 6.84. The Morgan fingerprint density at radius 1 is 1.26 bits per heavy atom. The Morgan fingerprint density at radius 3 is 2.74 bits per heavy atom. The van der Waals surface area contributed by atoms with E-state index in [-0.39, 0.29) is 12.7 Å². The third-order valence-corrected chi connectivity index (χ3v) is 2.54. The second kappa shape index (κ2) is 8.91. The van der Waals surface area contributed by atoms with Crippen LogP contribution in [0.4, 0.5) is 0 Å². The van der Waals surface area contributed by atoms with Gasteiger partial charge in [0, 0.05) is 6.54 Å². The molecule has 0 amide bonds. The first-order chi connectivity index (χ1) is 9.11. The second-order valence-corrected chi connectivity index (χ2v) is 4.77. The normalized spacial score (nSPS) is 12.7. The van der Waals surface area contributed by atoms with Crippen molar-refractivity contribution >= 4 is 0 Å². The van der Waals surface area contributed by atoms with Gasteiger partial charge in [0.1, 0.15) is 18.5 Å². The van der Waals surface area contributed by atoms with Crippen LogP contribution >= 0.6 is 0 Å². The topological polar surface area (TPSA) is 50.7 Å². The van der Waals surface area contributed by atoms with Crippen LogP contribution in [0, 0.1) is 0 Å². The molecule has 0 aliphatic rings. The van der Waals surface area contributed by atoms with Gasteiger partial charge in [-0.3, -0.25) is 0 Å². The molecular weight excluding hydrogens is 242 g/mol. The highest BCUT2D eigenvalue weighted by atomic mass is 16.5. The maximum atomic E-state index is 9.71. The molecule has 1 rings (SSSR count). The van der Waals surface area contributed by atoms with E-state index in [9.17, 15) is 5.11 Å². The predicted octanol–water partition coefficient (Wildman–Crippen LogP) is 1.96. The van der Waals surface area contributed by atoms with Crippen molar-refractivity contribution in [3.8, 4) is 5.75 Å². The average Bonchev–Trinajstić information content (AvgIpc) is 2.41. The number of aliphatic hydroxyl groups excluding tert-OH is 1. The summed E-state index contributed by atoms with van der Waals surface area (Å²) >= 11 is 0. The first kappa shape index (κ1) is 16.0. The third-order valence-electron chi connectivity index (χ3n) is 2.54. The van der Waals surface area contributed by atoms with Crippen LogP contribution in [0.1, 0.15) is 26.3 Å². The molecule has 0 spiro atoms. The lowest BCUT2D eigenvalue weighted by molar-refractivity contribution is -0.0122. The Morgan fingerprint density at radius 2 is 2.05 bits per heavy atom. The molecule has 19 heavy (non-hydrogen) atoms. The SMILES string of the molecule is CCNCc1cccc(OCC(O)COC(C)C)c1. The number of aliphatic hydroxyl groups is 1. The predicted molar refractivity (Wildman–Crippen MR) is 76.4 cm³/mol. The van der Waals surface area contributed by atoms with Crippen LogP contribution < -0.4 is 10.1 Å². The van der Waals surface area contributed by atoms with Crippen molar-refractivity contribution in [3.05, 3.63) is 29.8 Å². The van der Waals surface area contributed by atoms with Gasteiger partial charge in [0.05, 0.1) is 12.7 Å². The molecule has 0 heterocycles. The van der Waals surface area contributed by atoms with Gasteiger partial charge in [-0.1, -0.05) is 19.1 Å². The highest BCUT2D eigenvalue weighted by molar-refractivity contribution is 5.28. The number of rotatable bonds is 9. The van der Waals surface area contributed by atoms with E-state index < -0.39 is 6.10 Å². The van der Waals surface area contributed by atoms with Gasteiger partial charge in [-0.2, -0.15) is 0 Å². The maximum absolute atomic E-state index is 9.71. The monoisotopic (exact) mass is 267 g/mol. The summed E-state index contributed by atoms with van der Waals surface area (Å²) in [5, 5.41) is 13.0. The third kappa shape index (κ3) is 7.15. The number of ether oxygens (including phenoxy) is 2. The van der Waals surface area contributed by atoms with Crippen molar-refractivity contribution in [2.24, 2.45) is 0 Å². The fraction of sp³-hybridized carbons (Fsp3) is 0.600. The summed E-state index contributed by atoms with van der Waals surface area (Å²) in [6, 6.07) is 7.89. The highest BCUT2D eigenvalue weighted by Gasteiger charge is 2.07. The van der Waals surface area contributed by atoms with E-state index >= 15 is 0 Å². The smallest absolute Gasteiger partial charge is 0.119 e. The lowest BCUT2D eigenvalue weighted by Gasteiger charge is -2.15. The van der Waals surface area contributed by atoms with Crippen LogP contribution in [0.15, 0.2) is 24.3 Å².